The Labute approximate surface area is 111 Å². The summed E-state index contributed by atoms with van der Waals surface area (Å²) in [6.07, 6.45) is 0.248. The monoisotopic (exact) mass is 278 g/mol. The molecular formula is C11H26N4O2S. The van der Waals surface area contributed by atoms with Crippen LogP contribution >= 0.6 is 0 Å². The Hall–Kier alpha value is -0.660. The predicted octanol–water partition coefficient (Wildman–Crippen LogP) is 0.903. The Balaban J connectivity index is 4.87. The molecular weight excluding hydrogens is 252 g/mol. The first kappa shape index (κ1) is 17.3. The van der Waals surface area contributed by atoms with Gasteiger partial charge in [-0.2, -0.15) is 17.4 Å². The highest BCUT2D eigenvalue weighted by molar-refractivity contribution is 7.87. The number of nitrogens with one attached hydrogen (secondary N) is 2. The normalized spacial score (nSPS) is 13.3. The molecule has 0 spiro atoms. The standard InChI is InChI=1S/C11H26N4O2S/c1-9(2)8-15(7-6-10(12)13)18(16,17)14-11(3,4)5/h9,14H,6-8H2,1-5H3,(H3,12,13). The summed E-state index contributed by atoms with van der Waals surface area (Å²) in [7, 11) is -3.54. The summed E-state index contributed by atoms with van der Waals surface area (Å²) < 4.78 is 28.4. The average molecular weight is 278 g/mol. The van der Waals surface area contributed by atoms with E-state index in [0.717, 1.165) is 0 Å². The second kappa shape index (κ2) is 6.49. The Bertz CT molecular complexity index is 371. The molecule has 7 heteroatoms. The lowest BCUT2D eigenvalue weighted by Crippen LogP contribution is -2.50. The van der Waals surface area contributed by atoms with Gasteiger partial charge in [0.25, 0.3) is 10.2 Å². The molecule has 18 heavy (non-hydrogen) atoms. The van der Waals surface area contributed by atoms with Gasteiger partial charge in [-0.05, 0) is 26.7 Å². The third kappa shape index (κ3) is 7.62. The van der Waals surface area contributed by atoms with Gasteiger partial charge in [-0.3, -0.25) is 5.41 Å². The molecule has 0 aliphatic heterocycles. The summed E-state index contributed by atoms with van der Waals surface area (Å²) in [5, 5.41) is 7.19. The van der Waals surface area contributed by atoms with E-state index < -0.39 is 15.7 Å². The van der Waals surface area contributed by atoms with Crippen LogP contribution in [-0.2, 0) is 10.2 Å². The smallest absolute Gasteiger partial charge is 0.279 e. The van der Waals surface area contributed by atoms with Crippen molar-refractivity contribution < 1.29 is 8.42 Å². The highest BCUT2D eigenvalue weighted by atomic mass is 32.2. The van der Waals surface area contributed by atoms with Gasteiger partial charge in [0.15, 0.2) is 0 Å². The first-order valence-electron chi connectivity index (χ1n) is 6.06. The van der Waals surface area contributed by atoms with Crippen LogP contribution in [0.3, 0.4) is 0 Å². The van der Waals surface area contributed by atoms with Gasteiger partial charge in [0.05, 0.1) is 5.84 Å². The molecule has 0 aliphatic carbocycles. The molecule has 0 unspecified atom stereocenters. The number of nitrogens with zero attached hydrogens (tertiary/aromatic N) is 1. The Kier molecular flexibility index (Phi) is 6.25. The van der Waals surface area contributed by atoms with Crippen LogP contribution in [0.2, 0.25) is 0 Å². The quantitative estimate of drug-likeness (QED) is 0.476. The van der Waals surface area contributed by atoms with E-state index >= 15 is 0 Å². The molecule has 0 saturated heterocycles. The molecule has 0 amide bonds. The molecule has 0 saturated carbocycles. The van der Waals surface area contributed by atoms with Gasteiger partial charge in [0.2, 0.25) is 0 Å². The summed E-state index contributed by atoms with van der Waals surface area (Å²) in [5.41, 5.74) is 4.76. The van der Waals surface area contributed by atoms with Gasteiger partial charge in [0, 0.05) is 25.0 Å². The maximum atomic E-state index is 12.2. The zero-order chi connectivity index (χ0) is 14.6. The molecule has 0 aromatic heterocycles. The van der Waals surface area contributed by atoms with Gasteiger partial charge < -0.3 is 5.73 Å². The van der Waals surface area contributed by atoms with Gasteiger partial charge in [-0.15, -0.1) is 0 Å². The first-order valence-corrected chi connectivity index (χ1v) is 7.50. The number of nitrogens with two attached hydrogens (primary N) is 1. The van der Waals surface area contributed by atoms with E-state index in [9.17, 15) is 8.42 Å². The zero-order valence-electron chi connectivity index (χ0n) is 11.9. The van der Waals surface area contributed by atoms with Crippen LogP contribution in [0.1, 0.15) is 41.0 Å². The summed E-state index contributed by atoms with van der Waals surface area (Å²) in [4.78, 5) is 0. The highest BCUT2D eigenvalue weighted by Gasteiger charge is 2.27. The summed E-state index contributed by atoms with van der Waals surface area (Å²) >= 11 is 0. The third-order valence-corrected chi connectivity index (χ3v) is 3.86. The van der Waals surface area contributed by atoms with Crippen LogP contribution in [-0.4, -0.2) is 37.2 Å². The highest BCUT2D eigenvalue weighted by Crippen LogP contribution is 2.10. The van der Waals surface area contributed by atoms with Crippen LogP contribution in [0.4, 0.5) is 0 Å². The molecule has 0 bridgehead atoms. The molecule has 0 aromatic carbocycles. The first-order chi connectivity index (χ1) is 7.94. The van der Waals surface area contributed by atoms with E-state index in [4.69, 9.17) is 11.1 Å². The van der Waals surface area contributed by atoms with Crippen LogP contribution < -0.4 is 10.5 Å². The molecule has 6 nitrogen and oxygen atoms in total. The van der Waals surface area contributed by atoms with Gasteiger partial charge >= 0.3 is 0 Å². The van der Waals surface area contributed by atoms with Crippen molar-refractivity contribution in [2.45, 2.75) is 46.6 Å². The zero-order valence-corrected chi connectivity index (χ0v) is 12.8. The van der Waals surface area contributed by atoms with Crippen LogP contribution in [0, 0.1) is 11.3 Å². The van der Waals surface area contributed by atoms with Crippen molar-refractivity contribution >= 4 is 16.0 Å². The third-order valence-electron chi connectivity index (χ3n) is 1.97. The van der Waals surface area contributed by atoms with E-state index in [2.05, 4.69) is 4.72 Å². The molecule has 0 radical (unpaired) electrons. The van der Waals surface area contributed by atoms with Crippen LogP contribution in [0.5, 0.6) is 0 Å². The van der Waals surface area contributed by atoms with Crippen molar-refractivity contribution in [1.29, 1.82) is 5.41 Å². The average Bonchev–Trinajstić information content (AvgIpc) is 2.06. The van der Waals surface area contributed by atoms with Gasteiger partial charge in [0.1, 0.15) is 0 Å². The molecule has 4 N–H and O–H groups in total. The molecule has 108 valence electrons. The van der Waals surface area contributed by atoms with Crippen molar-refractivity contribution in [3.8, 4) is 0 Å². The van der Waals surface area contributed by atoms with E-state index in [0.29, 0.717) is 6.54 Å². The number of hydrogen-bond acceptors (Lipinski definition) is 3. The molecule has 0 fully saturated rings. The molecule has 0 aromatic rings. The Morgan fingerprint density at radius 1 is 1.39 bits per heavy atom. The Morgan fingerprint density at radius 2 is 1.89 bits per heavy atom. The summed E-state index contributed by atoms with van der Waals surface area (Å²) in [6, 6.07) is 0. The minimum Gasteiger partial charge on any atom is -0.388 e. The summed E-state index contributed by atoms with van der Waals surface area (Å²) in [6.45, 7) is 9.94. The predicted molar refractivity (Wildman–Crippen MR) is 74.8 cm³/mol. The SMILES string of the molecule is CC(C)CN(CCC(=N)N)S(=O)(=O)NC(C)(C)C. The molecule has 0 atom stereocenters. The van der Waals surface area contributed by atoms with E-state index in [1.807, 2.05) is 13.8 Å². The van der Waals surface area contributed by atoms with Crippen molar-refractivity contribution in [1.82, 2.24) is 9.03 Å². The van der Waals surface area contributed by atoms with Gasteiger partial charge in [-0.1, -0.05) is 13.8 Å². The molecule has 0 heterocycles. The second-order valence-corrected chi connectivity index (χ2v) is 7.55. The maximum absolute atomic E-state index is 12.2. The minimum absolute atomic E-state index is 0.00489. The van der Waals surface area contributed by atoms with E-state index in [-0.39, 0.29) is 24.7 Å². The number of hydrogen-bond donors (Lipinski definition) is 3. The fraction of sp³-hybridized carbons (Fsp3) is 0.909. The fourth-order valence-corrected chi connectivity index (χ4v) is 3.14. The maximum Gasteiger partial charge on any atom is 0.279 e. The van der Waals surface area contributed by atoms with Crippen LogP contribution in [0.15, 0.2) is 0 Å². The Morgan fingerprint density at radius 3 is 2.22 bits per heavy atom. The van der Waals surface area contributed by atoms with Gasteiger partial charge in [-0.25, -0.2) is 0 Å². The number of rotatable bonds is 7. The fourth-order valence-electron chi connectivity index (χ4n) is 1.41. The molecule has 0 aliphatic rings. The van der Waals surface area contributed by atoms with Crippen molar-refractivity contribution in [2.24, 2.45) is 11.7 Å². The largest absolute Gasteiger partial charge is 0.388 e. The van der Waals surface area contributed by atoms with Crippen molar-refractivity contribution in [3.63, 3.8) is 0 Å². The summed E-state index contributed by atoms with van der Waals surface area (Å²) in [5.74, 6) is 0.211. The second-order valence-electron chi connectivity index (χ2n) is 5.88. The van der Waals surface area contributed by atoms with E-state index in [1.165, 1.54) is 4.31 Å². The van der Waals surface area contributed by atoms with E-state index in [1.54, 1.807) is 20.8 Å². The minimum atomic E-state index is -3.54. The molecule has 0 rings (SSSR count). The van der Waals surface area contributed by atoms with Crippen LogP contribution in [0.25, 0.3) is 0 Å². The lowest BCUT2D eigenvalue weighted by Gasteiger charge is -2.28. The van der Waals surface area contributed by atoms with Crippen molar-refractivity contribution in [3.05, 3.63) is 0 Å². The van der Waals surface area contributed by atoms with Crippen molar-refractivity contribution in [2.75, 3.05) is 13.1 Å². The topological polar surface area (TPSA) is 99.3 Å². The lowest BCUT2D eigenvalue weighted by molar-refractivity contribution is 0.356. The number of amidine groups is 1. The lowest BCUT2D eigenvalue weighted by atomic mass is 10.1.